The number of aliphatic hydroxyl groups is 1. The molecule has 59 valence electrons. The minimum absolute atomic E-state index is 0.542. The quantitative estimate of drug-likeness (QED) is 0.595. The Morgan fingerprint density at radius 1 is 1.50 bits per heavy atom. The summed E-state index contributed by atoms with van der Waals surface area (Å²) in [6, 6.07) is 0. The zero-order valence-electron chi connectivity index (χ0n) is 6.88. The average Bonchev–Trinajstić information content (AvgIpc) is 1.85. The number of rotatable bonds is 4. The Bertz CT molecular complexity index is 94.9. The Morgan fingerprint density at radius 3 is 2.50 bits per heavy atom. The van der Waals surface area contributed by atoms with Gasteiger partial charge in [-0.15, -0.1) is 0 Å². The molecule has 0 rings (SSSR count). The summed E-state index contributed by atoms with van der Waals surface area (Å²) in [7, 11) is 0. The molecule has 0 aromatic heterocycles. The molecule has 1 heteroatoms. The zero-order valence-corrected chi connectivity index (χ0v) is 6.88. The second-order valence-electron chi connectivity index (χ2n) is 2.72. The van der Waals surface area contributed by atoms with Gasteiger partial charge in [-0.2, -0.15) is 0 Å². The van der Waals surface area contributed by atoms with Gasteiger partial charge in [0, 0.05) is 0 Å². The molecular weight excluding hydrogens is 124 g/mol. The van der Waals surface area contributed by atoms with E-state index in [0.717, 1.165) is 0 Å². The number of hydrogen-bond acceptors (Lipinski definition) is 1. The normalized spacial score (nSPS) is 17.6. The van der Waals surface area contributed by atoms with Crippen LogP contribution in [0, 0.1) is 12.8 Å². The molecule has 0 aromatic rings. The van der Waals surface area contributed by atoms with Crippen LogP contribution in [0.4, 0.5) is 0 Å². The van der Waals surface area contributed by atoms with Crippen LogP contribution in [0.15, 0.2) is 12.2 Å². The minimum atomic E-state index is -0.542. The SMILES string of the molecule is [CH2]C(O)C=CC(C)CCC. The first-order valence-electron chi connectivity index (χ1n) is 3.86. The predicted octanol–water partition coefficient (Wildman–Crippen LogP) is 2.17. The van der Waals surface area contributed by atoms with E-state index in [-0.39, 0.29) is 0 Å². The first-order chi connectivity index (χ1) is 4.66. The van der Waals surface area contributed by atoms with E-state index in [9.17, 15) is 0 Å². The summed E-state index contributed by atoms with van der Waals surface area (Å²) in [5.41, 5.74) is 0. The van der Waals surface area contributed by atoms with Crippen LogP contribution >= 0.6 is 0 Å². The van der Waals surface area contributed by atoms with E-state index in [1.54, 1.807) is 6.08 Å². The van der Waals surface area contributed by atoms with E-state index < -0.39 is 6.10 Å². The lowest BCUT2D eigenvalue weighted by Crippen LogP contribution is -1.95. The molecule has 0 aliphatic rings. The van der Waals surface area contributed by atoms with Gasteiger partial charge in [0.1, 0.15) is 0 Å². The Kier molecular flexibility index (Phi) is 5.32. The van der Waals surface area contributed by atoms with E-state index in [2.05, 4.69) is 20.8 Å². The highest BCUT2D eigenvalue weighted by molar-refractivity contribution is 4.92. The number of hydrogen-bond donors (Lipinski definition) is 1. The van der Waals surface area contributed by atoms with Crippen LogP contribution in [-0.2, 0) is 0 Å². The molecule has 0 fully saturated rings. The fourth-order valence-corrected chi connectivity index (χ4v) is 0.870. The summed E-state index contributed by atoms with van der Waals surface area (Å²) in [6.07, 6.45) is 5.59. The van der Waals surface area contributed by atoms with Crippen LogP contribution in [-0.4, -0.2) is 11.2 Å². The molecule has 2 atom stereocenters. The minimum Gasteiger partial charge on any atom is -0.389 e. The van der Waals surface area contributed by atoms with E-state index in [1.807, 2.05) is 6.08 Å². The van der Waals surface area contributed by atoms with Gasteiger partial charge < -0.3 is 5.11 Å². The maximum absolute atomic E-state index is 8.77. The Balaban J connectivity index is 3.45. The highest BCUT2D eigenvalue weighted by Crippen LogP contribution is 2.06. The highest BCUT2D eigenvalue weighted by atomic mass is 16.3. The van der Waals surface area contributed by atoms with Gasteiger partial charge in [-0.3, -0.25) is 0 Å². The fourth-order valence-electron chi connectivity index (χ4n) is 0.870. The molecule has 0 aromatic carbocycles. The Hall–Kier alpha value is -0.300. The van der Waals surface area contributed by atoms with Crippen molar-refractivity contribution in [1.82, 2.24) is 0 Å². The summed E-state index contributed by atoms with van der Waals surface area (Å²) in [5.74, 6) is 0.571. The number of allylic oxidation sites excluding steroid dienone is 1. The van der Waals surface area contributed by atoms with Gasteiger partial charge in [-0.1, -0.05) is 32.4 Å². The monoisotopic (exact) mass is 141 g/mol. The summed E-state index contributed by atoms with van der Waals surface area (Å²) < 4.78 is 0. The molecule has 1 N–H and O–H groups in total. The maximum Gasteiger partial charge on any atom is 0.0722 e. The Morgan fingerprint density at radius 2 is 2.10 bits per heavy atom. The third kappa shape index (κ3) is 5.83. The van der Waals surface area contributed by atoms with Gasteiger partial charge in [0.05, 0.1) is 6.10 Å². The standard InChI is InChI=1S/C9H17O/c1-4-5-8(2)6-7-9(3)10/h6-10H,3-5H2,1-2H3. The topological polar surface area (TPSA) is 20.2 Å². The van der Waals surface area contributed by atoms with Gasteiger partial charge in [0.25, 0.3) is 0 Å². The molecule has 0 amide bonds. The van der Waals surface area contributed by atoms with E-state index in [0.29, 0.717) is 5.92 Å². The van der Waals surface area contributed by atoms with Gasteiger partial charge in [0.15, 0.2) is 0 Å². The maximum atomic E-state index is 8.77. The average molecular weight is 141 g/mol. The first kappa shape index (κ1) is 9.70. The summed E-state index contributed by atoms with van der Waals surface area (Å²) in [4.78, 5) is 0. The van der Waals surface area contributed by atoms with Crippen molar-refractivity contribution >= 4 is 0 Å². The van der Waals surface area contributed by atoms with Gasteiger partial charge >= 0.3 is 0 Å². The van der Waals surface area contributed by atoms with Crippen molar-refractivity contribution in [3.05, 3.63) is 19.1 Å². The van der Waals surface area contributed by atoms with E-state index in [4.69, 9.17) is 5.11 Å². The summed E-state index contributed by atoms with van der Waals surface area (Å²) in [5, 5.41) is 8.77. The molecule has 1 radical (unpaired) electrons. The smallest absolute Gasteiger partial charge is 0.0722 e. The van der Waals surface area contributed by atoms with Crippen molar-refractivity contribution in [3.63, 3.8) is 0 Å². The van der Waals surface area contributed by atoms with Crippen molar-refractivity contribution in [2.24, 2.45) is 5.92 Å². The van der Waals surface area contributed by atoms with Crippen LogP contribution in [0.2, 0.25) is 0 Å². The molecule has 0 bridgehead atoms. The molecular formula is C9H17O. The van der Waals surface area contributed by atoms with Gasteiger partial charge in [-0.05, 0) is 19.3 Å². The second-order valence-corrected chi connectivity index (χ2v) is 2.72. The molecule has 0 aliphatic heterocycles. The summed E-state index contributed by atoms with van der Waals surface area (Å²) in [6.45, 7) is 7.74. The zero-order chi connectivity index (χ0) is 7.98. The lowest BCUT2D eigenvalue weighted by atomic mass is 10.1. The largest absolute Gasteiger partial charge is 0.389 e. The van der Waals surface area contributed by atoms with Gasteiger partial charge in [0.2, 0.25) is 0 Å². The summed E-state index contributed by atoms with van der Waals surface area (Å²) >= 11 is 0. The van der Waals surface area contributed by atoms with Crippen molar-refractivity contribution < 1.29 is 5.11 Å². The second kappa shape index (κ2) is 5.48. The Labute approximate surface area is 63.8 Å². The molecule has 0 saturated heterocycles. The molecule has 0 aliphatic carbocycles. The molecule has 2 unspecified atom stereocenters. The molecule has 0 spiro atoms. The molecule has 1 nitrogen and oxygen atoms in total. The van der Waals surface area contributed by atoms with Crippen LogP contribution in [0.25, 0.3) is 0 Å². The van der Waals surface area contributed by atoms with Crippen LogP contribution in [0.5, 0.6) is 0 Å². The third-order valence-electron chi connectivity index (χ3n) is 1.41. The van der Waals surface area contributed by atoms with Gasteiger partial charge in [-0.25, -0.2) is 0 Å². The van der Waals surface area contributed by atoms with Crippen LogP contribution in [0.1, 0.15) is 26.7 Å². The predicted molar refractivity (Wildman–Crippen MR) is 44.6 cm³/mol. The highest BCUT2D eigenvalue weighted by Gasteiger charge is 1.94. The van der Waals surface area contributed by atoms with E-state index in [1.165, 1.54) is 12.8 Å². The van der Waals surface area contributed by atoms with Crippen LogP contribution < -0.4 is 0 Å². The molecule has 10 heavy (non-hydrogen) atoms. The van der Waals surface area contributed by atoms with E-state index >= 15 is 0 Å². The van der Waals surface area contributed by atoms with Crippen molar-refractivity contribution in [2.75, 3.05) is 0 Å². The third-order valence-corrected chi connectivity index (χ3v) is 1.41. The van der Waals surface area contributed by atoms with Crippen molar-refractivity contribution in [3.8, 4) is 0 Å². The van der Waals surface area contributed by atoms with Crippen LogP contribution in [0.3, 0.4) is 0 Å². The molecule has 0 saturated carbocycles. The lowest BCUT2D eigenvalue weighted by molar-refractivity contribution is 0.268. The molecule has 0 heterocycles. The number of aliphatic hydroxyl groups excluding tert-OH is 1. The van der Waals surface area contributed by atoms with Crippen molar-refractivity contribution in [1.29, 1.82) is 0 Å². The lowest BCUT2D eigenvalue weighted by Gasteiger charge is -2.02. The first-order valence-corrected chi connectivity index (χ1v) is 3.86. The van der Waals surface area contributed by atoms with Crippen molar-refractivity contribution in [2.45, 2.75) is 32.8 Å². The fraction of sp³-hybridized carbons (Fsp3) is 0.667.